The minimum Gasteiger partial charge on any atom is -0.463 e. The quantitative estimate of drug-likeness (QED) is 0.201. The Bertz CT molecular complexity index is 1830. The SMILES string of the molecule is CCOC(=O)C1=C(C)N=c2s/c(=C\c3ccc(-c4ccc(C)c([N+](=O)[O-])c4)o3)c(=O)n2[C@H]1c1ccc(F)cc1. The fourth-order valence-electron chi connectivity index (χ4n) is 4.43. The topological polar surface area (TPSA) is 117 Å². The number of nitro benzene ring substituents is 1. The van der Waals surface area contributed by atoms with E-state index in [1.807, 2.05) is 0 Å². The van der Waals surface area contributed by atoms with Crippen molar-refractivity contribution in [2.45, 2.75) is 26.8 Å². The van der Waals surface area contributed by atoms with Gasteiger partial charge in [-0.15, -0.1) is 0 Å². The van der Waals surface area contributed by atoms with Crippen molar-refractivity contribution in [1.82, 2.24) is 4.57 Å². The minimum absolute atomic E-state index is 0.0210. The first-order chi connectivity index (χ1) is 18.7. The summed E-state index contributed by atoms with van der Waals surface area (Å²) < 4.78 is 26.5. The van der Waals surface area contributed by atoms with Crippen LogP contribution in [0.1, 0.15) is 36.8 Å². The number of carbonyl (C=O) groups is 1. The lowest BCUT2D eigenvalue weighted by atomic mass is 9.96. The van der Waals surface area contributed by atoms with Gasteiger partial charge >= 0.3 is 5.97 Å². The Morgan fingerprint density at radius 1 is 1.21 bits per heavy atom. The summed E-state index contributed by atoms with van der Waals surface area (Å²) in [5.41, 5.74) is 1.76. The van der Waals surface area contributed by atoms with Crippen LogP contribution in [-0.2, 0) is 9.53 Å². The van der Waals surface area contributed by atoms with E-state index < -0.39 is 28.3 Å². The zero-order chi connectivity index (χ0) is 27.8. The summed E-state index contributed by atoms with van der Waals surface area (Å²) in [7, 11) is 0. The molecule has 198 valence electrons. The van der Waals surface area contributed by atoms with Gasteiger partial charge in [0.2, 0.25) is 0 Å². The predicted octanol–water partition coefficient (Wildman–Crippen LogP) is 4.41. The van der Waals surface area contributed by atoms with Crippen LogP contribution < -0.4 is 14.9 Å². The molecular weight excluding hydrogens is 525 g/mol. The van der Waals surface area contributed by atoms with Crippen molar-refractivity contribution in [1.29, 1.82) is 0 Å². The Morgan fingerprint density at radius 3 is 2.64 bits per heavy atom. The van der Waals surface area contributed by atoms with E-state index in [1.165, 1.54) is 34.9 Å². The first-order valence-electron chi connectivity index (χ1n) is 12.0. The second-order valence-electron chi connectivity index (χ2n) is 8.81. The molecule has 1 aliphatic heterocycles. The van der Waals surface area contributed by atoms with Crippen LogP contribution in [0.4, 0.5) is 10.1 Å². The third kappa shape index (κ3) is 4.84. The van der Waals surface area contributed by atoms with Gasteiger partial charge in [-0.25, -0.2) is 14.2 Å². The van der Waals surface area contributed by atoms with E-state index in [0.29, 0.717) is 43.2 Å². The molecule has 0 spiro atoms. The Kier molecular flexibility index (Phi) is 6.83. The molecule has 0 amide bonds. The molecule has 0 N–H and O–H groups in total. The van der Waals surface area contributed by atoms with Crippen LogP contribution >= 0.6 is 11.3 Å². The van der Waals surface area contributed by atoms with Gasteiger partial charge in [-0.1, -0.05) is 35.6 Å². The maximum absolute atomic E-state index is 13.7. The van der Waals surface area contributed by atoms with Gasteiger partial charge < -0.3 is 9.15 Å². The molecule has 0 unspecified atom stereocenters. The fourth-order valence-corrected chi connectivity index (χ4v) is 5.45. The molecule has 2 aromatic carbocycles. The third-order valence-electron chi connectivity index (χ3n) is 6.29. The number of carbonyl (C=O) groups excluding carboxylic acids is 1. The van der Waals surface area contributed by atoms with Crippen LogP contribution in [0.3, 0.4) is 0 Å². The van der Waals surface area contributed by atoms with Crippen LogP contribution in [-0.4, -0.2) is 22.1 Å². The van der Waals surface area contributed by atoms with Crippen molar-refractivity contribution in [3.63, 3.8) is 0 Å². The number of furan rings is 1. The molecule has 39 heavy (non-hydrogen) atoms. The van der Waals surface area contributed by atoms with Crippen molar-refractivity contribution in [3.8, 4) is 11.3 Å². The van der Waals surface area contributed by atoms with Crippen molar-refractivity contribution >= 4 is 29.1 Å². The van der Waals surface area contributed by atoms with E-state index in [1.54, 1.807) is 51.1 Å². The largest absolute Gasteiger partial charge is 0.463 e. The number of allylic oxidation sites excluding steroid dienone is 1. The summed E-state index contributed by atoms with van der Waals surface area (Å²) in [6.07, 6.45) is 1.56. The number of fused-ring (bicyclic) bond motifs is 1. The van der Waals surface area contributed by atoms with E-state index in [9.17, 15) is 24.1 Å². The molecule has 1 aliphatic rings. The highest BCUT2D eigenvalue weighted by Gasteiger charge is 2.33. The molecule has 9 nitrogen and oxygen atoms in total. The Hall–Kier alpha value is -4.64. The minimum atomic E-state index is -0.858. The number of ether oxygens (including phenoxy) is 1. The first kappa shape index (κ1) is 26.0. The number of nitro groups is 1. The zero-order valence-electron chi connectivity index (χ0n) is 21.1. The number of benzene rings is 2. The number of thiazole rings is 1. The molecule has 0 bridgehead atoms. The Labute approximate surface area is 225 Å². The lowest BCUT2D eigenvalue weighted by Gasteiger charge is -2.24. The molecule has 0 saturated carbocycles. The summed E-state index contributed by atoms with van der Waals surface area (Å²) in [5, 5.41) is 11.3. The van der Waals surface area contributed by atoms with Gasteiger partial charge in [-0.2, -0.15) is 0 Å². The summed E-state index contributed by atoms with van der Waals surface area (Å²) in [6.45, 7) is 5.15. The van der Waals surface area contributed by atoms with Gasteiger partial charge in [0.25, 0.3) is 11.2 Å². The highest BCUT2D eigenvalue weighted by atomic mass is 32.1. The molecule has 4 aromatic rings. The number of aryl methyl sites for hydroxylation is 1. The van der Waals surface area contributed by atoms with Gasteiger partial charge in [0, 0.05) is 23.3 Å². The second-order valence-corrected chi connectivity index (χ2v) is 9.82. The van der Waals surface area contributed by atoms with Crippen molar-refractivity contribution in [2.24, 2.45) is 4.99 Å². The number of nitrogens with zero attached hydrogens (tertiary/aromatic N) is 3. The van der Waals surface area contributed by atoms with E-state index in [4.69, 9.17) is 9.15 Å². The molecular formula is C28H22FN3O6S. The zero-order valence-corrected chi connectivity index (χ0v) is 22.0. The van der Waals surface area contributed by atoms with Crippen LogP contribution in [0, 0.1) is 22.9 Å². The van der Waals surface area contributed by atoms with Crippen LogP contribution in [0.25, 0.3) is 17.4 Å². The maximum atomic E-state index is 13.7. The van der Waals surface area contributed by atoms with E-state index in [2.05, 4.69) is 4.99 Å². The molecule has 3 heterocycles. The highest BCUT2D eigenvalue weighted by Crippen LogP contribution is 2.31. The number of rotatable bonds is 6. The highest BCUT2D eigenvalue weighted by molar-refractivity contribution is 7.07. The average Bonchev–Trinajstić information content (AvgIpc) is 3.48. The number of hydrogen-bond donors (Lipinski definition) is 0. The molecule has 0 radical (unpaired) electrons. The summed E-state index contributed by atoms with van der Waals surface area (Å²) in [5.74, 6) is -0.290. The van der Waals surface area contributed by atoms with E-state index in [0.717, 1.165) is 11.3 Å². The molecule has 0 fully saturated rings. The van der Waals surface area contributed by atoms with Gasteiger partial charge in [0.1, 0.15) is 17.3 Å². The molecule has 5 rings (SSSR count). The monoisotopic (exact) mass is 547 g/mol. The van der Waals surface area contributed by atoms with Crippen LogP contribution in [0.5, 0.6) is 0 Å². The number of esters is 1. The van der Waals surface area contributed by atoms with Gasteiger partial charge in [-0.3, -0.25) is 19.5 Å². The molecule has 11 heteroatoms. The van der Waals surface area contributed by atoms with E-state index in [-0.39, 0.29) is 17.9 Å². The lowest BCUT2D eigenvalue weighted by molar-refractivity contribution is -0.385. The second kappa shape index (κ2) is 10.3. The fraction of sp³-hybridized carbons (Fsp3) is 0.179. The molecule has 0 saturated heterocycles. The van der Waals surface area contributed by atoms with Crippen molar-refractivity contribution < 1.29 is 23.3 Å². The maximum Gasteiger partial charge on any atom is 0.338 e. The van der Waals surface area contributed by atoms with Gasteiger partial charge in [-0.05, 0) is 50.6 Å². The molecule has 2 aromatic heterocycles. The number of hydrogen-bond acceptors (Lipinski definition) is 8. The van der Waals surface area contributed by atoms with Crippen molar-refractivity contribution in [2.75, 3.05) is 6.61 Å². The summed E-state index contributed by atoms with van der Waals surface area (Å²) >= 11 is 1.12. The standard InChI is InChI=1S/C28H22FN3O6S/c1-4-37-27(34)24-16(3)30-28-31(25(24)17-7-9-19(29)10-8-17)26(33)23(39-28)14-20-11-12-22(38-20)18-6-5-15(2)21(13-18)32(35)36/h5-14,25H,4H2,1-3H3/b23-14-/t25-/m0/s1. The molecule has 1 atom stereocenters. The summed E-state index contributed by atoms with van der Waals surface area (Å²) in [4.78, 5) is 42.3. The van der Waals surface area contributed by atoms with Gasteiger partial charge in [0.05, 0.1) is 33.4 Å². The smallest absolute Gasteiger partial charge is 0.338 e. The predicted molar refractivity (Wildman–Crippen MR) is 142 cm³/mol. The molecule has 0 aliphatic carbocycles. The Balaban J connectivity index is 1.61. The summed E-state index contributed by atoms with van der Waals surface area (Å²) in [6, 6.07) is 12.9. The Morgan fingerprint density at radius 2 is 1.95 bits per heavy atom. The first-order valence-corrected chi connectivity index (χ1v) is 12.8. The third-order valence-corrected chi connectivity index (χ3v) is 7.28. The number of aromatic nitrogens is 1. The van der Waals surface area contributed by atoms with Crippen molar-refractivity contribution in [3.05, 3.63) is 118 Å². The van der Waals surface area contributed by atoms with Crippen LogP contribution in [0.15, 0.2) is 80.1 Å². The normalized spacial score (nSPS) is 15.2. The van der Waals surface area contributed by atoms with E-state index >= 15 is 0 Å². The number of halogens is 1. The van der Waals surface area contributed by atoms with Gasteiger partial charge in [0.15, 0.2) is 4.80 Å². The average molecular weight is 548 g/mol. The lowest BCUT2D eigenvalue weighted by Crippen LogP contribution is -2.39. The van der Waals surface area contributed by atoms with Crippen LogP contribution in [0.2, 0.25) is 0 Å².